The molecule has 0 N–H and O–H groups in total. The van der Waals surface area contributed by atoms with Gasteiger partial charge in [-0.25, -0.2) is 16.5 Å². The van der Waals surface area contributed by atoms with Gasteiger partial charge in [0, 0.05) is 45.0 Å². The van der Waals surface area contributed by atoms with Crippen LogP contribution in [-0.2, 0) is 6.42 Å². The third kappa shape index (κ3) is 5.47. The molecule has 4 aromatic heterocycles. The Morgan fingerprint density at radius 2 is 1.87 bits per heavy atom. The van der Waals surface area contributed by atoms with Gasteiger partial charge >= 0.3 is 0 Å². The number of hydrogen-bond donors (Lipinski definition) is 0. The molecule has 4 heterocycles. The third-order valence-electron chi connectivity index (χ3n) is 9.35. The Balaban J connectivity index is 1.23. The number of nitrogens with zero attached hydrogens (tertiary/aromatic N) is 7. The molecule has 11 heteroatoms. The summed E-state index contributed by atoms with van der Waals surface area (Å²) < 4.78 is 10.6. The highest BCUT2D eigenvalue weighted by Crippen LogP contribution is 2.36. The van der Waals surface area contributed by atoms with Gasteiger partial charge in [-0.1, -0.05) is 24.4 Å². The molecule has 236 valence electrons. The lowest BCUT2D eigenvalue weighted by atomic mass is 9.98. The number of methoxy groups -OCH3 is 1. The Morgan fingerprint density at radius 3 is 2.62 bits per heavy atom. The zero-order valence-corrected chi connectivity index (χ0v) is 26.8. The number of ether oxygens (including phenoxy) is 1. The minimum Gasteiger partial charge on any atom is -0.497 e. The second kappa shape index (κ2) is 12.5. The molecule has 0 radical (unpaired) electrons. The lowest BCUT2D eigenvalue weighted by molar-refractivity contribution is 0.0915. The number of carbonyl (C=O) groups is 2. The van der Waals surface area contributed by atoms with Crippen molar-refractivity contribution in [3.8, 4) is 17.0 Å². The van der Waals surface area contributed by atoms with Gasteiger partial charge in [-0.3, -0.25) is 23.4 Å². The number of rotatable bonds is 8. The summed E-state index contributed by atoms with van der Waals surface area (Å²) >= 11 is 6.07. The Kier molecular flexibility index (Phi) is 8.08. The summed E-state index contributed by atoms with van der Waals surface area (Å²) in [6, 6.07) is 14.1. The minimum absolute atomic E-state index is 0.0249. The number of benzene rings is 2. The fourth-order valence-electron chi connectivity index (χ4n) is 6.94. The number of hydrogen-bond acceptors (Lipinski definition) is 6. The van der Waals surface area contributed by atoms with Crippen molar-refractivity contribution in [3.05, 3.63) is 107 Å². The first kappa shape index (κ1) is 30.4. The standard InChI is InChI=1S/C36H32ClN7O3/c1-22-29(30-16-27(47-3)12-13-31(30)44(22)36(46)24-8-10-26(37)11-9-24)17-33(45)42-15-14-28-34(39-21-40-35(28)42)25-18-41-43(20-25)32(19-38-2)23-6-4-5-7-23/h8-16,18,20-21,23,32H,4-7,17,19H2,1,3H3/t32-/m1/s1. The molecule has 1 atom stereocenters. The van der Waals surface area contributed by atoms with E-state index in [0.717, 1.165) is 34.7 Å². The van der Waals surface area contributed by atoms with Crippen LogP contribution in [0, 0.1) is 19.4 Å². The lowest BCUT2D eigenvalue weighted by Crippen LogP contribution is -2.20. The molecule has 1 aliphatic rings. The topological polar surface area (TPSA) is 101 Å². The first-order chi connectivity index (χ1) is 22.9. The van der Waals surface area contributed by atoms with E-state index in [9.17, 15) is 9.59 Å². The molecule has 7 rings (SSSR count). The van der Waals surface area contributed by atoms with Crippen LogP contribution in [0.15, 0.2) is 73.4 Å². The zero-order chi connectivity index (χ0) is 32.7. The van der Waals surface area contributed by atoms with Crippen LogP contribution in [-0.4, -0.2) is 54.4 Å². The highest BCUT2D eigenvalue weighted by atomic mass is 35.5. The average molecular weight is 646 g/mol. The lowest BCUT2D eigenvalue weighted by Gasteiger charge is -2.18. The highest BCUT2D eigenvalue weighted by Gasteiger charge is 2.30. The van der Waals surface area contributed by atoms with Crippen LogP contribution < -0.4 is 4.74 Å². The van der Waals surface area contributed by atoms with Crippen molar-refractivity contribution >= 4 is 45.4 Å². The Hall–Kier alpha value is -5.27. The monoisotopic (exact) mass is 645 g/mol. The van der Waals surface area contributed by atoms with Crippen molar-refractivity contribution in [1.82, 2.24) is 28.9 Å². The van der Waals surface area contributed by atoms with Gasteiger partial charge in [0.15, 0.2) is 5.65 Å². The number of halogens is 1. The Morgan fingerprint density at radius 1 is 1.09 bits per heavy atom. The molecule has 6 aromatic rings. The third-order valence-corrected chi connectivity index (χ3v) is 9.60. The Labute approximate surface area is 276 Å². The molecule has 1 aliphatic carbocycles. The molecule has 0 aliphatic heterocycles. The summed E-state index contributed by atoms with van der Waals surface area (Å²) in [6.45, 7) is 9.74. The van der Waals surface area contributed by atoms with E-state index in [1.165, 1.54) is 23.7 Å². The highest BCUT2D eigenvalue weighted by molar-refractivity contribution is 6.30. The van der Waals surface area contributed by atoms with Crippen molar-refractivity contribution in [1.29, 1.82) is 0 Å². The van der Waals surface area contributed by atoms with E-state index in [0.29, 0.717) is 51.3 Å². The predicted octanol–water partition coefficient (Wildman–Crippen LogP) is 7.44. The molecular weight excluding hydrogens is 614 g/mol. The fraction of sp³-hybridized carbons (Fsp3) is 0.278. The summed E-state index contributed by atoms with van der Waals surface area (Å²) in [4.78, 5) is 40.5. The summed E-state index contributed by atoms with van der Waals surface area (Å²) in [7, 11) is 1.58. The van der Waals surface area contributed by atoms with Crippen LogP contribution in [0.3, 0.4) is 0 Å². The van der Waals surface area contributed by atoms with Gasteiger partial charge in [0.2, 0.25) is 12.5 Å². The number of fused-ring (bicyclic) bond motifs is 2. The molecule has 47 heavy (non-hydrogen) atoms. The smallest absolute Gasteiger partial charge is 0.262 e. The number of carbonyl (C=O) groups excluding carboxylic acids is 2. The summed E-state index contributed by atoms with van der Waals surface area (Å²) in [5.41, 5.74) is 4.51. The molecule has 0 bridgehead atoms. The van der Waals surface area contributed by atoms with Gasteiger partial charge in [0.05, 0.1) is 30.9 Å². The molecule has 0 spiro atoms. The maximum atomic E-state index is 14.0. The van der Waals surface area contributed by atoms with E-state index in [1.54, 1.807) is 54.4 Å². The van der Waals surface area contributed by atoms with Crippen molar-refractivity contribution in [2.75, 3.05) is 13.7 Å². The molecule has 0 amide bonds. The van der Waals surface area contributed by atoms with Gasteiger partial charge in [0.25, 0.3) is 5.91 Å². The average Bonchev–Trinajstić information content (AvgIpc) is 3.91. The molecule has 0 saturated heterocycles. The van der Waals surface area contributed by atoms with Gasteiger partial charge in [0.1, 0.15) is 18.1 Å². The van der Waals surface area contributed by atoms with Crippen LogP contribution in [0.5, 0.6) is 5.75 Å². The van der Waals surface area contributed by atoms with Crippen molar-refractivity contribution in [2.24, 2.45) is 5.92 Å². The van der Waals surface area contributed by atoms with Crippen LogP contribution in [0.4, 0.5) is 0 Å². The van der Waals surface area contributed by atoms with Crippen LogP contribution in [0.2, 0.25) is 5.02 Å². The summed E-state index contributed by atoms with van der Waals surface area (Å²) in [5.74, 6) is 0.640. The van der Waals surface area contributed by atoms with E-state index in [2.05, 4.69) is 19.9 Å². The molecular formula is C36H32ClN7O3. The van der Waals surface area contributed by atoms with Crippen molar-refractivity contribution in [2.45, 2.75) is 45.1 Å². The first-order valence-corrected chi connectivity index (χ1v) is 16.0. The van der Waals surface area contributed by atoms with Gasteiger partial charge in [-0.15, -0.1) is 0 Å². The van der Waals surface area contributed by atoms with Crippen molar-refractivity contribution in [3.63, 3.8) is 0 Å². The normalized spacial score (nSPS) is 14.1. The van der Waals surface area contributed by atoms with Gasteiger partial charge in [-0.05, 0) is 79.8 Å². The zero-order valence-electron chi connectivity index (χ0n) is 26.1. The molecule has 1 saturated carbocycles. The first-order valence-electron chi connectivity index (χ1n) is 15.6. The van der Waals surface area contributed by atoms with Gasteiger partial charge < -0.3 is 9.58 Å². The number of aromatic nitrogens is 6. The van der Waals surface area contributed by atoms with Crippen LogP contribution in [0.1, 0.15) is 58.1 Å². The molecule has 0 unspecified atom stereocenters. The molecule has 2 aromatic carbocycles. The van der Waals surface area contributed by atoms with Crippen molar-refractivity contribution < 1.29 is 14.3 Å². The van der Waals surface area contributed by atoms with E-state index in [4.69, 9.17) is 22.9 Å². The summed E-state index contributed by atoms with van der Waals surface area (Å²) in [6.07, 6.45) is 11.5. The fourth-order valence-corrected chi connectivity index (χ4v) is 7.07. The predicted molar refractivity (Wildman–Crippen MR) is 180 cm³/mol. The second-order valence-electron chi connectivity index (χ2n) is 12.0. The second-order valence-corrected chi connectivity index (χ2v) is 12.4. The van der Waals surface area contributed by atoms with E-state index >= 15 is 0 Å². The largest absolute Gasteiger partial charge is 0.497 e. The Bertz CT molecular complexity index is 2180. The quantitative estimate of drug-likeness (QED) is 0.159. The molecule has 1 fully saturated rings. The van der Waals surface area contributed by atoms with Crippen LogP contribution in [0.25, 0.3) is 38.0 Å². The summed E-state index contributed by atoms with van der Waals surface area (Å²) in [5, 5.41) is 6.67. The van der Waals surface area contributed by atoms with E-state index in [-0.39, 0.29) is 24.3 Å². The van der Waals surface area contributed by atoms with E-state index in [1.807, 2.05) is 36.0 Å². The van der Waals surface area contributed by atoms with E-state index < -0.39 is 0 Å². The maximum absolute atomic E-state index is 14.0. The molecule has 10 nitrogen and oxygen atoms in total. The van der Waals surface area contributed by atoms with Gasteiger partial charge in [-0.2, -0.15) is 5.10 Å². The minimum atomic E-state index is -0.219. The maximum Gasteiger partial charge on any atom is 0.262 e. The SMILES string of the molecule is [C-]#[N+]C[C@H](C1CCCC1)n1cc(-c2ncnc3c2ccn3C(=O)Cc2c(C)n(C(=O)c3ccc(Cl)cc3)c3ccc(OC)cc23)cn1. The van der Waals surface area contributed by atoms with Crippen LogP contribution >= 0.6 is 11.6 Å².